The van der Waals surface area contributed by atoms with E-state index < -0.39 is 11.2 Å². The molecule has 0 saturated heterocycles. The number of carbonyl (C=O) groups is 2. The van der Waals surface area contributed by atoms with E-state index in [1.807, 2.05) is 25.1 Å². The molecular weight excluding hydrogens is 274 g/mol. The topological polar surface area (TPSA) is 66.4 Å². The summed E-state index contributed by atoms with van der Waals surface area (Å²) in [4.78, 5) is 22.3. The standard InChI is InChI=1S/C15H21NO3S/c1-11(8-9-13-6-4-3-5-7-13)16-14(17)10-20-12(2)15(18)19/h3-7,11-12H,8-10H2,1-2H3,(H,16,17)(H,18,19)/t11-,12-/m1/s1. The van der Waals surface area contributed by atoms with Crippen LogP contribution in [0.1, 0.15) is 25.8 Å². The van der Waals surface area contributed by atoms with Crippen LogP contribution in [0.25, 0.3) is 0 Å². The normalized spacial score (nSPS) is 13.5. The Kier molecular flexibility index (Phi) is 7.15. The Morgan fingerprint density at radius 1 is 1.25 bits per heavy atom. The molecule has 2 N–H and O–H groups in total. The van der Waals surface area contributed by atoms with E-state index in [1.54, 1.807) is 6.92 Å². The van der Waals surface area contributed by atoms with E-state index in [-0.39, 0.29) is 17.7 Å². The highest BCUT2D eigenvalue weighted by atomic mass is 32.2. The highest BCUT2D eigenvalue weighted by molar-refractivity contribution is 8.01. The summed E-state index contributed by atoms with van der Waals surface area (Å²) in [5, 5.41) is 11.1. The van der Waals surface area contributed by atoms with E-state index in [2.05, 4.69) is 17.4 Å². The molecule has 2 atom stereocenters. The number of thioether (sulfide) groups is 1. The van der Waals surface area contributed by atoms with Crippen molar-refractivity contribution in [1.82, 2.24) is 5.32 Å². The van der Waals surface area contributed by atoms with Crippen molar-refractivity contribution in [2.24, 2.45) is 0 Å². The lowest BCUT2D eigenvalue weighted by Crippen LogP contribution is -2.34. The average Bonchev–Trinajstić information content (AvgIpc) is 2.43. The fourth-order valence-corrected chi connectivity index (χ4v) is 2.32. The van der Waals surface area contributed by atoms with Crippen LogP contribution in [-0.2, 0) is 16.0 Å². The largest absolute Gasteiger partial charge is 0.480 e. The highest BCUT2D eigenvalue weighted by Crippen LogP contribution is 2.10. The van der Waals surface area contributed by atoms with Crippen LogP contribution < -0.4 is 5.32 Å². The summed E-state index contributed by atoms with van der Waals surface area (Å²) in [5.74, 6) is -0.813. The molecule has 0 aromatic heterocycles. The van der Waals surface area contributed by atoms with Crippen molar-refractivity contribution in [2.45, 2.75) is 38.0 Å². The number of carboxylic acid groups (broad SMARTS) is 1. The van der Waals surface area contributed by atoms with Gasteiger partial charge in [0.05, 0.1) is 11.0 Å². The molecule has 0 fully saturated rings. The van der Waals surface area contributed by atoms with Gasteiger partial charge in [-0.15, -0.1) is 11.8 Å². The average molecular weight is 295 g/mol. The van der Waals surface area contributed by atoms with Crippen molar-refractivity contribution < 1.29 is 14.7 Å². The molecule has 5 heteroatoms. The number of hydrogen-bond acceptors (Lipinski definition) is 3. The van der Waals surface area contributed by atoms with Crippen molar-refractivity contribution in [1.29, 1.82) is 0 Å². The van der Waals surface area contributed by atoms with Crippen LogP contribution in [0.15, 0.2) is 30.3 Å². The number of aliphatic carboxylic acids is 1. The number of hydrogen-bond donors (Lipinski definition) is 2. The summed E-state index contributed by atoms with van der Waals surface area (Å²) in [5.41, 5.74) is 1.25. The molecule has 0 radical (unpaired) electrons. The molecule has 0 aliphatic carbocycles. The molecule has 1 rings (SSSR count). The number of aryl methyl sites for hydroxylation is 1. The van der Waals surface area contributed by atoms with Crippen LogP contribution in [0.5, 0.6) is 0 Å². The molecule has 0 bridgehead atoms. The molecule has 0 unspecified atom stereocenters. The Hall–Kier alpha value is -1.49. The second kappa shape index (κ2) is 8.64. The molecule has 4 nitrogen and oxygen atoms in total. The molecule has 0 saturated carbocycles. The van der Waals surface area contributed by atoms with E-state index in [9.17, 15) is 9.59 Å². The summed E-state index contributed by atoms with van der Waals surface area (Å²) in [6.07, 6.45) is 1.79. The van der Waals surface area contributed by atoms with E-state index >= 15 is 0 Å². The lowest BCUT2D eigenvalue weighted by molar-refractivity contribution is -0.136. The third-order valence-corrected chi connectivity index (χ3v) is 4.06. The number of nitrogens with one attached hydrogen (secondary N) is 1. The predicted molar refractivity (Wildman–Crippen MR) is 81.9 cm³/mol. The van der Waals surface area contributed by atoms with Crippen LogP contribution in [0.2, 0.25) is 0 Å². The zero-order valence-corrected chi connectivity index (χ0v) is 12.7. The Labute approximate surface area is 124 Å². The molecule has 110 valence electrons. The van der Waals surface area contributed by atoms with Gasteiger partial charge in [0, 0.05) is 6.04 Å². The van der Waals surface area contributed by atoms with Gasteiger partial charge in [-0.05, 0) is 32.3 Å². The van der Waals surface area contributed by atoms with Gasteiger partial charge < -0.3 is 10.4 Å². The van der Waals surface area contributed by atoms with Gasteiger partial charge in [0.15, 0.2) is 0 Å². The van der Waals surface area contributed by atoms with Crippen molar-refractivity contribution in [3.63, 3.8) is 0 Å². The molecule has 0 aliphatic rings. The number of amides is 1. The van der Waals surface area contributed by atoms with E-state index in [0.29, 0.717) is 0 Å². The zero-order chi connectivity index (χ0) is 15.0. The number of carboxylic acids is 1. The maximum atomic E-state index is 11.7. The fourth-order valence-electron chi connectivity index (χ4n) is 1.69. The minimum Gasteiger partial charge on any atom is -0.480 e. The van der Waals surface area contributed by atoms with Crippen molar-refractivity contribution >= 4 is 23.6 Å². The monoisotopic (exact) mass is 295 g/mol. The van der Waals surface area contributed by atoms with Gasteiger partial charge in [-0.3, -0.25) is 9.59 Å². The Balaban J connectivity index is 2.23. The molecule has 0 heterocycles. The molecule has 1 amide bonds. The summed E-state index contributed by atoms with van der Waals surface area (Å²) < 4.78 is 0. The highest BCUT2D eigenvalue weighted by Gasteiger charge is 2.14. The molecule has 0 aliphatic heterocycles. The van der Waals surface area contributed by atoms with Crippen molar-refractivity contribution in [3.8, 4) is 0 Å². The third-order valence-electron chi connectivity index (χ3n) is 2.93. The van der Waals surface area contributed by atoms with Crippen LogP contribution in [0, 0.1) is 0 Å². The van der Waals surface area contributed by atoms with E-state index in [1.165, 1.54) is 5.56 Å². The fraction of sp³-hybridized carbons (Fsp3) is 0.467. The number of benzene rings is 1. The quantitative estimate of drug-likeness (QED) is 0.772. The Morgan fingerprint density at radius 3 is 2.50 bits per heavy atom. The third kappa shape index (κ3) is 6.61. The molecule has 0 spiro atoms. The van der Waals surface area contributed by atoms with E-state index in [4.69, 9.17) is 5.11 Å². The van der Waals surface area contributed by atoms with Crippen molar-refractivity contribution in [3.05, 3.63) is 35.9 Å². The SMILES string of the molecule is C[C@H](CCc1ccccc1)NC(=O)CS[C@H](C)C(=O)O. The predicted octanol–water partition coefficient (Wildman–Crippen LogP) is 2.33. The zero-order valence-electron chi connectivity index (χ0n) is 11.8. The van der Waals surface area contributed by atoms with Gasteiger partial charge in [-0.2, -0.15) is 0 Å². The lowest BCUT2D eigenvalue weighted by Gasteiger charge is -2.14. The molecule has 20 heavy (non-hydrogen) atoms. The summed E-state index contributed by atoms with van der Waals surface area (Å²) >= 11 is 1.14. The summed E-state index contributed by atoms with van der Waals surface area (Å²) in [7, 11) is 0. The smallest absolute Gasteiger partial charge is 0.316 e. The van der Waals surface area contributed by atoms with Gasteiger partial charge in [0.2, 0.25) is 5.91 Å². The number of carbonyl (C=O) groups excluding carboxylic acids is 1. The van der Waals surface area contributed by atoms with Gasteiger partial charge >= 0.3 is 5.97 Å². The second-order valence-electron chi connectivity index (χ2n) is 4.78. The first-order valence-corrected chi connectivity index (χ1v) is 7.71. The molecule has 1 aromatic carbocycles. The first-order valence-electron chi connectivity index (χ1n) is 6.66. The van der Waals surface area contributed by atoms with Crippen LogP contribution in [0.3, 0.4) is 0 Å². The maximum absolute atomic E-state index is 11.7. The minimum absolute atomic E-state index is 0.0865. The van der Waals surface area contributed by atoms with Gasteiger partial charge in [-0.1, -0.05) is 30.3 Å². The summed E-state index contributed by atoms with van der Waals surface area (Å²) in [6.45, 7) is 3.55. The number of rotatable bonds is 8. The Bertz CT molecular complexity index is 436. The molecule has 1 aromatic rings. The maximum Gasteiger partial charge on any atom is 0.316 e. The van der Waals surface area contributed by atoms with Gasteiger partial charge in [0.25, 0.3) is 0 Å². The first-order chi connectivity index (χ1) is 9.49. The molecular formula is C15H21NO3S. The van der Waals surface area contributed by atoms with Gasteiger partial charge in [0.1, 0.15) is 0 Å². The minimum atomic E-state index is -0.889. The van der Waals surface area contributed by atoms with Crippen LogP contribution in [0.4, 0.5) is 0 Å². The Morgan fingerprint density at radius 2 is 1.90 bits per heavy atom. The van der Waals surface area contributed by atoms with E-state index in [0.717, 1.165) is 24.6 Å². The van der Waals surface area contributed by atoms with Crippen molar-refractivity contribution in [2.75, 3.05) is 5.75 Å². The van der Waals surface area contributed by atoms with Gasteiger partial charge in [-0.25, -0.2) is 0 Å². The van der Waals surface area contributed by atoms with Crippen LogP contribution >= 0.6 is 11.8 Å². The lowest BCUT2D eigenvalue weighted by atomic mass is 10.1. The van der Waals surface area contributed by atoms with Crippen LogP contribution in [-0.4, -0.2) is 34.0 Å². The summed E-state index contributed by atoms with van der Waals surface area (Å²) in [6, 6.07) is 10.2. The second-order valence-corrected chi connectivity index (χ2v) is 6.11. The first kappa shape index (κ1) is 16.6.